The van der Waals surface area contributed by atoms with E-state index in [0.717, 1.165) is 0 Å². The number of benzene rings is 2. The van der Waals surface area contributed by atoms with Crippen LogP contribution in [0, 0.1) is 0 Å². The van der Waals surface area contributed by atoms with E-state index in [1.807, 2.05) is 4.90 Å². The molecule has 0 spiro atoms. The van der Waals surface area contributed by atoms with Crippen molar-refractivity contribution < 1.29 is 32.9 Å². The number of alkyl halides is 3. The molecule has 0 unspecified atom stereocenters. The van der Waals surface area contributed by atoms with Crippen LogP contribution in [-0.2, 0) is 0 Å². The molecule has 1 aliphatic heterocycles. The van der Waals surface area contributed by atoms with E-state index in [-0.39, 0.29) is 18.9 Å². The molecule has 0 aromatic heterocycles. The van der Waals surface area contributed by atoms with E-state index in [4.69, 9.17) is 9.84 Å². The molecule has 0 aliphatic carbocycles. The van der Waals surface area contributed by atoms with E-state index in [9.17, 15) is 18.3 Å². The van der Waals surface area contributed by atoms with Crippen molar-refractivity contribution >= 4 is 5.69 Å². The Morgan fingerprint density at radius 1 is 1.19 bits per heavy atom. The third-order valence-electron chi connectivity index (χ3n) is 3.96. The van der Waals surface area contributed by atoms with E-state index in [2.05, 4.69) is 4.74 Å². The fraction of sp³-hybridized carbons (Fsp3) is 0.333. The molecule has 26 heavy (non-hydrogen) atoms. The highest BCUT2D eigenvalue weighted by molar-refractivity contribution is 5.80. The minimum absolute atomic E-state index is 0.230. The van der Waals surface area contributed by atoms with E-state index in [1.54, 1.807) is 24.3 Å². The zero-order chi connectivity index (χ0) is 18.7. The van der Waals surface area contributed by atoms with Crippen molar-refractivity contribution in [2.24, 2.45) is 0 Å². The van der Waals surface area contributed by atoms with E-state index < -0.39 is 12.5 Å². The van der Waals surface area contributed by atoms with Gasteiger partial charge in [0.1, 0.15) is 12.4 Å². The van der Waals surface area contributed by atoms with Crippen molar-refractivity contribution in [2.45, 2.75) is 12.5 Å². The molecule has 2 aromatic carbocycles. The van der Waals surface area contributed by atoms with E-state index in [0.29, 0.717) is 35.7 Å². The number of fused-ring (bicyclic) bond motifs is 1. The number of aliphatic hydroxyl groups is 2. The summed E-state index contributed by atoms with van der Waals surface area (Å²) >= 11 is 0. The number of para-hydroxylation sites is 1. The first-order chi connectivity index (χ1) is 12.4. The minimum atomic E-state index is -4.76. The number of β-amino-alcohol motifs (C(OH)–C–C–N with tert-alkyl or cyclic N) is 1. The second-order valence-electron chi connectivity index (χ2n) is 5.86. The van der Waals surface area contributed by atoms with Crippen molar-refractivity contribution in [1.82, 2.24) is 0 Å². The Morgan fingerprint density at radius 2 is 1.96 bits per heavy atom. The Balaban J connectivity index is 1.95. The average molecular weight is 369 g/mol. The van der Waals surface area contributed by atoms with Gasteiger partial charge in [-0.1, -0.05) is 24.3 Å². The smallest absolute Gasteiger partial charge is 0.489 e. The van der Waals surface area contributed by atoms with Crippen LogP contribution >= 0.6 is 0 Å². The third kappa shape index (κ3) is 4.20. The average Bonchev–Trinajstić information content (AvgIpc) is 2.60. The fourth-order valence-electron chi connectivity index (χ4n) is 2.89. The predicted octanol–water partition coefficient (Wildman–Crippen LogP) is 2.80. The molecule has 1 atom stereocenters. The van der Waals surface area contributed by atoms with Gasteiger partial charge in [-0.3, -0.25) is 0 Å². The maximum absolute atomic E-state index is 12.5. The molecule has 3 rings (SSSR count). The molecule has 0 fully saturated rings. The molecular weight excluding hydrogens is 351 g/mol. The van der Waals surface area contributed by atoms with Gasteiger partial charge in [-0.05, 0) is 23.8 Å². The molecule has 0 bridgehead atoms. The van der Waals surface area contributed by atoms with E-state index in [1.165, 1.54) is 18.2 Å². The van der Waals surface area contributed by atoms with Crippen LogP contribution in [0.4, 0.5) is 18.9 Å². The summed E-state index contributed by atoms with van der Waals surface area (Å²) in [5, 5.41) is 18.8. The molecule has 2 aromatic rings. The topological polar surface area (TPSA) is 62.2 Å². The van der Waals surface area contributed by atoms with Crippen LogP contribution in [-0.4, -0.2) is 49.0 Å². The molecule has 1 aliphatic rings. The van der Waals surface area contributed by atoms with Crippen LogP contribution in [0.1, 0.15) is 0 Å². The predicted molar refractivity (Wildman–Crippen MR) is 89.4 cm³/mol. The Kier molecular flexibility index (Phi) is 5.24. The van der Waals surface area contributed by atoms with Crippen LogP contribution in [0.15, 0.2) is 42.5 Å². The normalized spacial score (nSPS) is 15.2. The number of halogens is 3. The standard InChI is InChI=1S/C18H18F3NO4/c19-18(20,21)26-14-4-1-3-12(9-14)15-5-2-6-16-17(15)25-8-7-22(16)10-13(24)11-23/h1-6,9,13,23-24H,7-8,10-11H2/t13-/m0/s1. The van der Waals surface area contributed by atoms with E-state index >= 15 is 0 Å². The van der Waals surface area contributed by atoms with Crippen molar-refractivity contribution in [3.63, 3.8) is 0 Å². The Hall–Kier alpha value is -2.45. The summed E-state index contributed by atoms with van der Waals surface area (Å²) in [5.41, 5.74) is 1.86. The lowest BCUT2D eigenvalue weighted by Gasteiger charge is -2.33. The number of hydrogen-bond acceptors (Lipinski definition) is 5. The fourth-order valence-corrected chi connectivity index (χ4v) is 2.89. The van der Waals surface area contributed by atoms with Crippen molar-refractivity contribution in [2.75, 3.05) is 31.2 Å². The zero-order valence-electron chi connectivity index (χ0n) is 13.7. The molecule has 0 saturated carbocycles. The first-order valence-corrected chi connectivity index (χ1v) is 8.03. The van der Waals surface area contributed by atoms with Gasteiger partial charge in [0.15, 0.2) is 5.75 Å². The number of rotatable bonds is 5. The highest BCUT2D eigenvalue weighted by atomic mass is 19.4. The number of hydrogen-bond donors (Lipinski definition) is 2. The summed E-state index contributed by atoms with van der Waals surface area (Å²) in [5.74, 6) is 0.212. The van der Waals surface area contributed by atoms with Gasteiger partial charge in [-0.15, -0.1) is 13.2 Å². The van der Waals surface area contributed by atoms with Gasteiger partial charge in [0.05, 0.1) is 24.9 Å². The van der Waals surface area contributed by atoms with Crippen LogP contribution in [0.3, 0.4) is 0 Å². The SMILES string of the molecule is OC[C@@H](O)CN1CCOc2c(-c3cccc(OC(F)(F)F)c3)cccc21. The molecular formula is C18H18F3NO4. The monoisotopic (exact) mass is 369 g/mol. The summed E-state index contributed by atoms with van der Waals surface area (Å²) in [4.78, 5) is 1.87. The Bertz CT molecular complexity index is 766. The third-order valence-corrected chi connectivity index (χ3v) is 3.96. The van der Waals surface area contributed by atoms with Gasteiger partial charge in [0.25, 0.3) is 0 Å². The Morgan fingerprint density at radius 3 is 2.69 bits per heavy atom. The highest BCUT2D eigenvalue weighted by Gasteiger charge is 2.31. The van der Waals surface area contributed by atoms with Crippen LogP contribution < -0.4 is 14.4 Å². The van der Waals surface area contributed by atoms with Gasteiger partial charge in [0, 0.05) is 12.1 Å². The maximum atomic E-state index is 12.5. The number of nitrogens with zero attached hydrogens (tertiary/aromatic N) is 1. The highest BCUT2D eigenvalue weighted by Crippen LogP contribution is 2.41. The zero-order valence-corrected chi connectivity index (χ0v) is 13.7. The van der Waals surface area contributed by atoms with Gasteiger partial charge >= 0.3 is 6.36 Å². The summed E-state index contributed by atoms with van der Waals surface area (Å²) in [6, 6.07) is 11.0. The molecule has 0 amide bonds. The van der Waals surface area contributed by atoms with Gasteiger partial charge in [-0.25, -0.2) is 0 Å². The second-order valence-corrected chi connectivity index (χ2v) is 5.86. The van der Waals surface area contributed by atoms with Crippen molar-refractivity contribution in [3.05, 3.63) is 42.5 Å². The number of anilines is 1. The lowest BCUT2D eigenvalue weighted by Crippen LogP contribution is -2.39. The number of ether oxygens (including phenoxy) is 2. The molecule has 8 heteroatoms. The van der Waals surface area contributed by atoms with Gasteiger partial charge in [-0.2, -0.15) is 0 Å². The molecule has 0 radical (unpaired) electrons. The molecule has 1 heterocycles. The van der Waals surface area contributed by atoms with Gasteiger partial charge < -0.3 is 24.6 Å². The van der Waals surface area contributed by atoms with Crippen LogP contribution in [0.5, 0.6) is 11.5 Å². The molecule has 140 valence electrons. The first-order valence-electron chi connectivity index (χ1n) is 8.03. The maximum Gasteiger partial charge on any atom is 0.573 e. The second kappa shape index (κ2) is 7.43. The summed E-state index contributed by atoms with van der Waals surface area (Å²) in [6.07, 6.45) is -5.66. The summed E-state index contributed by atoms with van der Waals surface area (Å²) in [6.45, 7) is 0.766. The van der Waals surface area contributed by atoms with Gasteiger partial charge in [0.2, 0.25) is 0 Å². The lowest BCUT2D eigenvalue weighted by molar-refractivity contribution is -0.274. The quantitative estimate of drug-likeness (QED) is 0.849. The largest absolute Gasteiger partial charge is 0.573 e. The lowest BCUT2D eigenvalue weighted by atomic mass is 10.0. The first kappa shape index (κ1) is 18.3. The van der Waals surface area contributed by atoms with Crippen LogP contribution in [0.2, 0.25) is 0 Å². The van der Waals surface area contributed by atoms with Crippen molar-refractivity contribution in [1.29, 1.82) is 0 Å². The molecule has 0 saturated heterocycles. The number of aliphatic hydroxyl groups excluding tert-OH is 2. The van der Waals surface area contributed by atoms with Crippen molar-refractivity contribution in [3.8, 4) is 22.6 Å². The molecule has 5 nitrogen and oxygen atoms in total. The minimum Gasteiger partial charge on any atom is -0.489 e. The molecule has 2 N–H and O–H groups in total. The van der Waals surface area contributed by atoms with Crippen LogP contribution in [0.25, 0.3) is 11.1 Å². The summed E-state index contributed by atoms with van der Waals surface area (Å²) < 4.78 is 47.1. The summed E-state index contributed by atoms with van der Waals surface area (Å²) in [7, 11) is 0. The Labute approximate surface area is 148 Å².